The molecule has 1 saturated carbocycles. The van der Waals surface area contributed by atoms with E-state index in [0.29, 0.717) is 12.1 Å². The zero-order valence-electron chi connectivity index (χ0n) is 21.6. The number of fused-ring (bicyclic) bond motifs is 1. The average Bonchev–Trinajstić information content (AvgIpc) is 3.72. The number of nitrogens with one attached hydrogen (secondary N) is 1. The topological polar surface area (TPSA) is 79.7 Å². The Morgan fingerprint density at radius 1 is 1.08 bits per heavy atom. The van der Waals surface area contributed by atoms with Gasteiger partial charge in [0.1, 0.15) is 6.04 Å². The molecular weight excluding hydrogens is 492 g/mol. The third-order valence-corrected chi connectivity index (χ3v) is 8.54. The van der Waals surface area contributed by atoms with Gasteiger partial charge in [-0.2, -0.15) is 0 Å². The van der Waals surface area contributed by atoms with Gasteiger partial charge in [-0.3, -0.25) is 9.69 Å². The van der Waals surface area contributed by atoms with Crippen molar-refractivity contribution in [1.82, 2.24) is 30.1 Å². The highest BCUT2D eigenvalue weighted by atomic mass is 32.1. The summed E-state index contributed by atoms with van der Waals surface area (Å²) in [6, 6.07) is 22.8. The second kappa shape index (κ2) is 11.0. The lowest BCUT2D eigenvalue weighted by Gasteiger charge is -2.31. The number of tetrazole rings is 1. The number of aromatic amines is 1. The fraction of sp³-hybridized carbons (Fsp3) is 0.333. The molecule has 6 rings (SSSR count). The smallest absolute Gasteiger partial charge is 0.253 e. The summed E-state index contributed by atoms with van der Waals surface area (Å²) in [5.74, 6) is 0.749. The molecule has 0 aliphatic heterocycles. The number of rotatable bonds is 9. The number of thiophene rings is 1. The molecule has 1 aliphatic rings. The first kappa shape index (κ1) is 24.7. The summed E-state index contributed by atoms with van der Waals surface area (Å²) < 4.78 is 2.00. The van der Waals surface area contributed by atoms with Gasteiger partial charge in [-0.15, -0.1) is 16.4 Å². The highest BCUT2D eigenvalue weighted by Crippen LogP contribution is 2.35. The van der Waals surface area contributed by atoms with Crippen LogP contribution < -0.4 is 5.56 Å². The molecular formula is C30H32N6OS. The van der Waals surface area contributed by atoms with E-state index in [9.17, 15) is 4.79 Å². The van der Waals surface area contributed by atoms with Crippen molar-refractivity contribution in [1.29, 1.82) is 0 Å². The molecule has 1 unspecified atom stereocenters. The van der Waals surface area contributed by atoms with Crippen molar-refractivity contribution in [3.05, 3.63) is 110 Å². The van der Waals surface area contributed by atoms with E-state index in [2.05, 4.69) is 73.3 Å². The number of H-pyrrole nitrogens is 1. The molecule has 0 spiro atoms. The summed E-state index contributed by atoms with van der Waals surface area (Å²) in [5.41, 5.74) is 3.79. The Morgan fingerprint density at radius 3 is 2.71 bits per heavy atom. The van der Waals surface area contributed by atoms with Gasteiger partial charge in [0.15, 0.2) is 5.82 Å². The Hall–Kier alpha value is -3.62. The molecule has 194 valence electrons. The Kier molecular flexibility index (Phi) is 7.16. The summed E-state index contributed by atoms with van der Waals surface area (Å²) in [4.78, 5) is 20.6. The number of para-hydroxylation sites is 1. The molecule has 1 aliphatic carbocycles. The number of aromatic nitrogens is 5. The standard InChI is InChI=1S/C30H32N6OS/c1-21-9-7-12-23-19-26(30(37)31-27(21)23)28(29-32-33-34-36(29)24-13-5-6-14-24)35(20-25-15-8-18-38-25)17-16-22-10-3-2-4-11-22/h2-4,7-12,15,18-19,24,28H,5-6,13-14,16-17,20H2,1H3,(H,31,37). The number of hydrogen-bond acceptors (Lipinski definition) is 6. The molecule has 3 heterocycles. The monoisotopic (exact) mass is 524 g/mol. The Morgan fingerprint density at radius 2 is 1.92 bits per heavy atom. The molecule has 0 bridgehead atoms. The molecule has 0 amide bonds. The Labute approximate surface area is 226 Å². The van der Waals surface area contributed by atoms with Crippen LogP contribution in [-0.4, -0.2) is 36.6 Å². The molecule has 2 aromatic carbocycles. The Bertz CT molecular complexity index is 1550. The van der Waals surface area contributed by atoms with Gasteiger partial charge in [0.05, 0.1) is 11.6 Å². The fourth-order valence-electron chi connectivity index (χ4n) is 5.71. The number of hydrogen-bond donors (Lipinski definition) is 1. The van der Waals surface area contributed by atoms with E-state index in [-0.39, 0.29) is 17.6 Å². The SMILES string of the molecule is Cc1cccc2cc(C(c3nnnn3C3CCCC3)N(CCc3ccccc3)Cc3cccs3)c(=O)[nH]c12. The third-order valence-electron chi connectivity index (χ3n) is 7.68. The molecule has 1 N–H and O–H groups in total. The van der Waals surface area contributed by atoms with Crippen molar-refractivity contribution < 1.29 is 0 Å². The minimum atomic E-state index is -0.384. The van der Waals surface area contributed by atoms with Gasteiger partial charge in [0, 0.05) is 23.5 Å². The number of nitrogens with zero attached hydrogens (tertiary/aromatic N) is 5. The molecule has 38 heavy (non-hydrogen) atoms. The molecule has 3 aromatic heterocycles. The maximum absolute atomic E-state index is 13.8. The third kappa shape index (κ3) is 5.06. The molecule has 1 atom stereocenters. The van der Waals surface area contributed by atoms with E-state index in [1.807, 2.05) is 35.9 Å². The predicted octanol–water partition coefficient (Wildman–Crippen LogP) is 5.83. The van der Waals surface area contributed by atoms with Crippen molar-refractivity contribution in [2.75, 3.05) is 6.54 Å². The molecule has 5 aromatic rings. The summed E-state index contributed by atoms with van der Waals surface area (Å²) in [6.45, 7) is 3.49. The van der Waals surface area contributed by atoms with Crippen LogP contribution in [0, 0.1) is 6.92 Å². The summed E-state index contributed by atoms with van der Waals surface area (Å²) in [6.07, 6.45) is 5.34. The largest absolute Gasteiger partial charge is 0.321 e. The van der Waals surface area contributed by atoms with Crippen LogP contribution in [-0.2, 0) is 13.0 Å². The lowest BCUT2D eigenvalue weighted by molar-refractivity contribution is 0.203. The first-order valence-corrected chi connectivity index (χ1v) is 14.3. The van der Waals surface area contributed by atoms with Crippen molar-refractivity contribution in [2.24, 2.45) is 0 Å². The number of benzene rings is 2. The van der Waals surface area contributed by atoms with E-state index in [4.69, 9.17) is 0 Å². The second-order valence-electron chi connectivity index (χ2n) is 10.2. The zero-order chi connectivity index (χ0) is 25.9. The van der Waals surface area contributed by atoms with Crippen LogP contribution in [0.1, 0.15) is 65.2 Å². The molecule has 8 heteroatoms. The second-order valence-corrected chi connectivity index (χ2v) is 11.2. The van der Waals surface area contributed by atoms with Crippen LogP contribution in [0.3, 0.4) is 0 Å². The maximum Gasteiger partial charge on any atom is 0.253 e. The van der Waals surface area contributed by atoms with Gasteiger partial charge >= 0.3 is 0 Å². The van der Waals surface area contributed by atoms with Gasteiger partial charge in [-0.25, -0.2) is 4.68 Å². The molecule has 1 fully saturated rings. The van der Waals surface area contributed by atoms with Crippen LogP contribution in [0.4, 0.5) is 0 Å². The molecule has 7 nitrogen and oxygen atoms in total. The highest BCUT2D eigenvalue weighted by molar-refractivity contribution is 7.09. The lowest BCUT2D eigenvalue weighted by Crippen LogP contribution is -2.36. The van der Waals surface area contributed by atoms with E-state index < -0.39 is 0 Å². The van der Waals surface area contributed by atoms with E-state index in [1.165, 1.54) is 23.3 Å². The molecule has 0 radical (unpaired) electrons. The lowest BCUT2D eigenvalue weighted by atomic mass is 10.0. The van der Waals surface area contributed by atoms with E-state index >= 15 is 0 Å². The normalized spacial score (nSPS) is 15.0. The number of pyridine rings is 1. The minimum absolute atomic E-state index is 0.0892. The minimum Gasteiger partial charge on any atom is -0.321 e. The van der Waals surface area contributed by atoms with Gasteiger partial charge in [0.2, 0.25) is 0 Å². The van der Waals surface area contributed by atoms with Crippen LogP contribution in [0.25, 0.3) is 10.9 Å². The summed E-state index contributed by atoms with van der Waals surface area (Å²) >= 11 is 1.73. The van der Waals surface area contributed by atoms with E-state index in [0.717, 1.165) is 48.1 Å². The van der Waals surface area contributed by atoms with Gasteiger partial charge in [0.25, 0.3) is 5.56 Å². The molecule has 0 saturated heterocycles. The Balaban J connectivity index is 1.49. The number of aryl methyl sites for hydroxylation is 1. The van der Waals surface area contributed by atoms with Crippen LogP contribution in [0.15, 0.2) is 76.9 Å². The predicted molar refractivity (Wildman–Crippen MR) is 151 cm³/mol. The van der Waals surface area contributed by atoms with Gasteiger partial charge in [-0.05, 0) is 70.6 Å². The van der Waals surface area contributed by atoms with Gasteiger partial charge < -0.3 is 4.98 Å². The van der Waals surface area contributed by atoms with Crippen molar-refractivity contribution in [3.63, 3.8) is 0 Å². The van der Waals surface area contributed by atoms with Gasteiger partial charge in [-0.1, -0.05) is 67.4 Å². The zero-order valence-corrected chi connectivity index (χ0v) is 22.4. The first-order valence-electron chi connectivity index (χ1n) is 13.4. The maximum atomic E-state index is 13.8. The van der Waals surface area contributed by atoms with Crippen LogP contribution in [0.2, 0.25) is 0 Å². The average molecular weight is 525 g/mol. The quantitative estimate of drug-likeness (QED) is 0.262. The van der Waals surface area contributed by atoms with Crippen LogP contribution in [0.5, 0.6) is 0 Å². The summed E-state index contributed by atoms with van der Waals surface area (Å²) in [5, 5.41) is 16.3. The summed E-state index contributed by atoms with van der Waals surface area (Å²) in [7, 11) is 0. The van der Waals surface area contributed by atoms with E-state index in [1.54, 1.807) is 11.3 Å². The fourth-order valence-corrected chi connectivity index (χ4v) is 6.44. The highest BCUT2D eigenvalue weighted by Gasteiger charge is 2.33. The first-order chi connectivity index (χ1) is 18.7. The van der Waals surface area contributed by atoms with Crippen molar-refractivity contribution in [3.8, 4) is 0 Å². The van der Waals surface area contributed by atoms with Crippen molar-refractivity contribution in [2.45, 2.75) is 57.7 Å². The van der Waals surface area contributed by atoms with Crippen molar-refractivity contribution >= 4 is 22.2 Å². The van der Waals surface area contributed by atoms with Crippen LogP contribution >= 0.6 is 11.3 Å².